The van der Waals surface area contributed by atoms with Crippen molar-refractivity contribution in [1.82, 2.24) is 39.8 Å². The summed E-state index contributed by atoms with van der Waals surface area (Å²) in [7, 11) is 0. The van der Waals surface area contributed by atoms with Crippen molar-refractivity contribution in [3.05, 3.63) is 35.7 Å². The van der Waals surface area contributed by atoms with Gasteiger partial charge in [-0.25, -0.2) is 4.98 Å². The summed E-state index contributed by atoms with van der Waals surface area (Å²) < 4.78 is 8.98. The number of halogens is 1. The fourth-order valence-corrected chi connectivity index (χ4v) is 3.48. The van der Waals surface area contributed by atoms with E-state index in [0.29, 0.717) is 39.9 Å². The number of nitrogens with zero attached hydrogens (tertiary/aromatic N) is 7. The lowest BCUT2D eigenvalue weighted by molar-refractivity contribution is 0.430. The van der Waals surface area contributed by atoms with E-state index >= 15 is 0 Å². The molecule has 0 saturated carbocycles. The SMILES string of the molecule is Clc1nc2ccccn2c1-c1noc(-c2cn(CC3CCCN3)nn2)n1. The molecule has 5 heterocycles. The molecule has 132 valence electrons. The summed E-state index contributed by atoms with van der Waals surface area (Å²) in [6, 6.07) is 6.07. The van der Waals surface area contributed by atoms with Crippen molar-refractivity contribution in [2.75, 3.05) is 6.54 Å². The third kappa shape index (κ3) is 2.65. The van der Waals surface area contributed by atoms with Crippen LogP contribution in [0.25, 0.3) is 28.8 Å². The number of nitrogens with one attached hydrogen (secondary N) is 1. The molecule has 4 aromatic heterocycles. The fourth-order valence-electron chi connectivity index (χ4n) is 3.21. The Kier molecular flexibility index (Phi) is 3.68. The van der Waals surface area contributed by atoms with Gasteiger partial charge in [-0.15, -0.1) is 5.10 Å². The molecule has 0 spiro atoms. The molecule has 26 heavy (non-hydrogen) atoms. The van der Waals surface area contributed by atoms with E-state index < -0.39 is 0 Å². The lowest BCUT2D eigenvalue weighted by atomic mass is 10.2. The van der Waals surface area contributed by atoms with Crippen LogP contribution >= 0.6 is 11.6 Å². The van der Waals surface area contributed by atoms with Crippen molar-refractivity contribution in [1.29, 1.82) is 0 Å². The molecule has 0 aromatic carbocycles. The standard InChI is InChI=1S/C16H15ClN8O/c17-14-13(25-7-2-1-5-12(25)19-14)15-20-16(26-22-15)11-9-24(23-21-11)8-10-4-3-6-18-10/h1-2,5,7,9-10,18H,3-4,6,8H2. The molecule has 0 aliphatic carbocycles. The molecule has 0 amide bonds. The maximum atomic E-state index is 6.26. The molecular weight excluding hydrogens is 356 g/mol. The zero-order valence-corrected chi connectivity index (χ0v) is 14.5. The van der Waals surface area contributed by atoms with E-state index in [1.807, 2.05) is 35.0 Å². The summed E-state index contributed by atoms with van der Waals surface area (Å²) in [6.07, 6.45) is 6.00. The van der Waals surface area contributed by atoms with Gasteiger partial charge in [-0.1, -0.05) is 28.0 Å². The van der Waals surface area contributed by atoms with Gasteiger partial charge in [0.15, 0.2) is 10.8 Å². The molecule has 4 aromatic rings. The Balaban J connectivity index is 1.45. The number of pyridine rings is 1. The molecule has 1 fully saturated rings. The number of hydrogen-bond donors (Lipinski definition) is 1. The van der Waals surface area contributed by atoms with Gasteiger partial charge in [0.1, 0.15) is 11.3 Å². The molecule has 1 atom stereocenters. The van der Waals surface area contributed by atoms with Gasteiger partial charge in [-0.05, 0) is 31.5 Å². The topological polar surface area (TPSA) is 99.0 Å². The van der Waals surface area contributed by atoms with Gasteiger partial charge in [0, 0.05) is 12.2 Å². The van der Waals surface area contributed by atoms with Gasteiger partial charge in [-0.2, -0.15) is 4.98 Å². The van der Waals surface area contributed by atoms with Gasteiger partial charge >= 0.3 is 0 Å². The highest BCUT2D eigenvalue weighted by atomic mass is 35.5. The molecule has 9 nitrogen and oxygen atoms in total. The number of hydrogen-bond acceptors (Lipinski definition) is 7. The van der Waals surface area contributed by atoms with E-state index in [-0.39, 0.29) is 0 Å². The van der Waals surface area contributed by atoms with E-state index in [1.165, 1.54) is 6.42 Å². The number of aromatic nitrogens is 7. The highest BCUT2D eigenvalue weighted by Gasteiger charge is 2.21. The second-order valence-electron chi connectivity index (χ2n) is 6.22. The summed E-state index contributed by atoms with van der Waals surface area (Å²) in [5, 5.41) is 16.1. The lowest BCUT2D eigenvalue weighted by Gasteiger charge is -2.08. The number of imidazole rings is 1. The molecule has 0 bridgehead atoms. The summed E-state index contributed by atoms with van der Waals surface area (Å²) in [5.74, 6) is 0.656. The molecule has 10 heteroatoms. The smallest absolute Gasteiger partial charge is 0.280 e. The minimum Gasteiger partial charge on any atom is -0.332 e. The fraction of sp³-hybridized carbons (Fsp3) is 0.312. The Bertz CT molecular complexity index is 1060. The second kappa shape index (κ2) is 6.19. The minimum atomic E-state index is 0.299. The second-order valence-corrected chi connectivity index (χ2v) is 6.58. The van der Waals surface area contributed by atoms with Crippen molar-refractivity contribution in [2.45, 2.75) is 25.4 Å². The Morgan fingerprint density at radius 1 is 1.31 bits per heavy atom. The van der Waals surface area contributed by atoms with E-state index in [1.54, 1.807) is 4.68 Å². The van der Waals surface area contributed by atoms with Crippen LogP contribution in [0.15, 0.2) is 35.1 Å². The molecule has 1 saturated heterocycles. The highest BCUT2D eigenvalue weighted by molar-refractivity contribution is 6.32. The minimum absolute atomic E-state index is 0.299. The van der Waals surface area contributed by atoms with Crippen molar-refractivity contribution in [2.24, 2.45) is 0 Å². The van der Waals surface area contributed by atoms with Crippen molar-refractivity contribution >= 4 is 17.2 Å². The normalized spacial score (nSPS) is 17.3. The maximum Gasteiger partial charge on any atom is 0.280 e. The Morgan fingerprint density at radius 2 is 2.27 bits per heavy atom. The summed E-state index contributed by atoms with van der Waals surface area (Å²) in [6.45, 7) is 1.83. The predicted molar refractivity (Wildman–Crippen MR) is 93.5 cm³/mol. The van der Waals surface area contributed by atoms with Gasteiger partial charge < -0.3 is 9.84 Å². The zero-order chi connectivity index (χ0) is 17.5. The summed E-state index contributed by atoms with van der Waals surface area (Å²) in [4.78, 5) is 8.73. The van der Waals surface area contributed by atoms with Crippen LogP contribution in [0.5, 0.6) is 0 Å². The summed E-state index contributed by atoms with van der Waals surface area (Å²) in [5.41, 5.74) is 1.83. The average molecular weight is 371 g/mol. The van der Waals surface area contributed by atoms with Crippen LogP contribution < -0.4 is 5.32 Å². The molecule has 5 rings (SSSR count). The van der Waals surface area contributed by atoms with Crippen LogP contribution in [0.4, 0.5) is 0 Å². The lowest BCUT2D eigenvalue weighted by Crippen LogP contribution is -2.26. The van der Waals surface area contributed by atoms with Crippen molar-refractivity contribution in [3.8, 4) is 23.1 Å². The first-order valence-corrected chi connectivity index (χ1v) is 8.76. The average Bonchev–Trinajstić information content (AvgIpc) is 3.41. The Hall–Kier alpha value is -2.78. The monoisotopic (exact) mass is 370 g/mol. The van der Waals surface area contributed by atoms with Crippen LogP contribution in [0.1, 0.15) is 12.8 Å². The van der Waals surface area contributed by atoms with E-state index in [2.05, 4.69) is 30.8 Å². The largest absolute Gasteiger partial charge is 0.332 e. The molecule has 1 aliphatic rings. The first kappa shape index (κ1) is 15.5. The number of fused-ring (bicyclic) bond motifs is 1. The molecule has 1 aliphatic heterocycles. The van der Waals surface area contributed by atoms with E-state index in [4.69, 9.17) is 16.1 Å². The zero-order valence-electron chi connectivity index (χ0n) is 13.7. The van der Waals surface area contributed by atoms with E-state index in [9.17, 15) is 0 Å². The third-order valence-corrected chi connectivity index (χ3v) is 4.72. The molecule has 1 N–H and O–H groups in total. The van der Waals surface area contributed by atoms with Gasteiger partial charge in [-0.3, -0.25) is 9.08 Å². The predicted octanol–water partition coefficient (Wildman–Crippen LogP) is 2.05. The summed E-state index contributed by atoms with van der Waals surface area (Å²) >= 11 is 6.26. The first-order chi connectivity index (χ1) is 12.8. The van der Waals surface area contributed by atoms with E-state index in [0.717, 1.165) is 19.5 Å². The van der Waals surface area contributed by atoms with Crippen LogP contribution in [-0.4, -0.2) is 47.1 Å². The van der Waals surface area contributed by atoms with Crippen molar-refractivity contribution < 1.29 is 4.52 Å². The van der Waals surface area contributed by atoms with Crippen LogP contribution in [0.3, 0.4) is 0 Å². The quantitative estimate of drug-likeness (QED) is 0.586. The van der Waals surface area contributed by atoms with Crippen LogP contribution in [-0.2, 0) is 6.54 Å². The van der Waals surface area contributed by atoms with Gasteiger partial charge in [0.2, 0.25) is 5.82 Å². The first-order valence-electron chi connectivity index (χ1n) is 8.38. The van der Waals surface area contributed by atoms with Crippen LogP contribution in [0, 0.1) is 0 Å². The molecular formula is C16H15ClN8O. The highest BCUT2D eigenvalue weighted by Crippen LogP contribution is 2.28. The Labute approximate surface area is 153 Å². The molecule has 0 radical (unpaired) electrons. The van der Waals surface area contributed by atoms with Crippen LogP contribution in [0.2, 0.25) is 5.15 Å². The van der Waals surface area contributed by atoms with Gasteiger partial charge in [0.05, 0.1) is 12.7 Å². The van der Waals surface area contributed by atoms with Crippen molar-refractivity contribution in [3.63, 3.8) is 0 Å². The van der Waals surface area contributed by atoms with Gasteiger partial charge in [0.25, 0.3) is 5.89 Å². The maximum absolute atomic E-state index is 6.26. The Morgan fingerprint density at radius 3 is 3.15 bits per heavy atom. The third-order valence-electron chi connectivity index (χ3n) is 4.45. The molecule has 1 unspecified atom stereocenters. The number of rotatable bonds is 4.